The molecule has 8 heteroatoms. The monoisotopic (exact) mass is 473 g/mol. The Labute approximate surface area is 205 Å². The highest BCUT2D eigenvalue weighted by Gasteiger charge is 2.19. The largest absolute Gasteiger partial charge is 0.487 e. The first-order chi connectivity index (χ1) is 16.9. The normalized spacial score (nSPS) is 11.9. The van der Waals surface area contributed by atoms with Gasteiger partial charge in [0.25, 0.3) is 0 Å². The number of benzene rings is 1. The summed E-state index contributed by atoms with van der Waals surface area (Å²) >= 11 is 0. The molecule has 8 nitrogen and oxygen atoms in total. The zero-order chi connectivity index (χ0) is 24.9. The average Bonchev–Trinajstić information content (AvgIpc) is 3.18. The van der Waals surface area contributed by atoms with Crippen molar-refractivity contribution < 1.29 is 14.3 Å². The summed E-state index contributed by atoms with van der Waals surface area (Å²) in [5.74, 6) is 1.27. The molecule has 3 aromatic heterocycles. The Morgan fingerprint density at radius 1 is 1.17 bits per heavy atom. The molecule has 1 aromatic carbocycles. The smallest absolute Gasteiger partial charge is 0.242 e. The molecule has 0 saturated carbocycles. The van der Waals surface area contributed by atoms with E-state index in [-0.39, 0.29) is 11.9 Å². The van der Waals surface area contributed by atoms with Crippen LogP contribution in [0.25, 0.3) is 11.0 Å². The lowest BCUT2D eigenvalue weighted by molar-refractivity contribution is -0.121. The van der Waals surface area contributed by atoms with Crippen LogP contribution in [0.4, 0.5) is 0 Å². The number of methoxy groups -OCH3 is 1. The minimum absolute atomic E-state index is 0.0191. The van der Waals surface area contributed by atoms with E-state index in [0.717, 1.165) is 44.9 Å². The highest BCUT2D eigenvalue weighted by molar-refractivity contribution is 5.86. The van der Waals surface area contributed by atoms with Crippen LogP contribution >= 0.6 is 0 Å². The van der Waals surface area contributed by atoms with E-state index >= 15 is 0 Å². The van der Waals surface area contributed by atoms with Gasteiger partial charge >= 0.3 is 0 Å². The van der Waals surface area contributed by atoms with Crippen LogP contribution in [0.5, 0.6) is 11.6 Å². The van der Waals surface area contributed by atoms with E-state index in [1.807, 2.05) is 70.3 Å². The van der Waals surface area contributed by atoms with Gasteiger partial charge in [0, 0.05) is 25.4 Å². The number of amides is 1. The molecule has 0 spiro atoms. The highest BCUT2D eigenvalue weighted by Crippen LogP contribution is 2.30. The van der Waals surface area contributed by atoms with Gasteiger partial charge in [-0.1, -0.05) is 18.2 Å². The number of ether oxygens (including phenoxy) is 2. The van der Waals surface area contributed by atoms with Crippen LogP contribution < -0.4 is 14.8 Å². The van der Waals surface area contributed by atoms with Crippen molar-refractivity contribution in [2.75, 3.05) is 7.11 Å². The van der Waals surface area contributed by atoms with E-state index in [0.29, 0.717) is 25.3 Å². The summed E-state index contributed by atoms with van der Waals surface area (Å²) in [5, 5.41) is 8.39. The van der Waals surface area contributed by atoms with Gasteiger partial charge in [0.05, 0.1) is 24.2 Å². The lowest BCUT2D eigenvalue weighted by Crippen LogP contribution is -2.27. The number of nitrogens with one attached hydrogen (secondary N) is 1. The molecule has 0 bridgehead atoms. The molecule has 1 unspecified atom stereocenters. The van der Waals surface area contributed by atoms with Crippen LogP contribution in [-0.2, 0) is 24.9 Å². The molecule has 0 saturated heterocycles. The Morgan fingerprint density at radius 2 is 2.00 bits per heavy atom. The molecule has 1 amide bonds. The van der Waals surface area contributed by atoms with Crippen molar-refractivity contribution in [1.82, 2.24) is 25.1 Å². The third-order valence-electron chi connectivity index (χ3n) is 6.17. The van der Waals surface area contributed by atoms with E-state index in [1.165, 1.54) is 0 Å². The van der Waals surface area contributed by atoms with Crippen LogP contribution in [0.1, 0.15) is 47.5 Å². The van der Waals surface area contributed by atoms with Gasteiger partial charge in [0.2, 0.25) is 11.8 Å². The fourth-order valence-corrected chi connectivity index (χ4v) is 4.26. The first-order valence-electron chi connectivity index (χ1n) is 11.7. The number of aryl methyl sites for hydroxylation is 3. The average molecular weight is 474 g/mol. The minimum atomic E-state index is -0.151. The lowest BCUT2D eigenvalue weighted by Gasteiger charge is -2.16. The zero-order valence-corrected chi connectivity index (χ0v) is 20.8. The maximum Gasteiger partial charge on any atom is 0.242 e. The van der Waals surface area contributed by atoms with Gasteiger partial charge in [0.15, 0.2) is 5.65 Å². The summed E-state index contributed by atoms with van der Waals surface area (Å²) in [6.45, 7) is 6.37. The fraction of sp³-hybridized carbons (Fsp3) is 0.333. The number of aromatic nitrogens is 4. The van der Waals surface area contributed by atoms with Crippen molar-refractivity contribution in [2.45, 2.75) is 46.3 Å². The molecule has 4 aromatic rings. The number of nitrogens with zero attached hydrogens (tertiary/aromatic N) is 4. The summed E-state index contributed by atoms with van der Waals surface area (Å²) in [7, 11) is 3.46. The highest BCUT2D eigenvalue weighted by atomic mass is 16.5. The van der Waals surface area contributed by atoms with Crippen LogP contribution in [0.3, 0.4) is 0 Å². The SMILES string of the molecule is COc1nn(C)c2nc(C)c(CCC(=O)NC(C)c3cccc(OCc4ccccn4)c3)c(C)c12. The summed E-state index contributed by atoms with van der Waals surface area (Å²) in [5.41, 5.74) is 5.63. The Hall–Kier alpha value is -3.94. The second-order valence-corrected chi connectivity index (χ2v) is 8.60. The molecule has 3 heterocycles. The zero-order valence-electron chi connectivity index (χ0n) is 20.8. The molecule has 0 radical (unpaired) electrons. The molecule has 4 rings (SSSR count). The molecular formula is C27H31N5O3. The van der Waals surface area contributed by atoms with E-state index in [4.69, 9.17) is 14.5 Å². The van der Waals surface area contributed by atoms with Crippen molar-refractivity contribution >= 4 is 16.9 Å². The molecule has 1 atom stereocenters. The topological polar surface area (TPSA) is 91.2 Å². The maximum atomic E-state index is 12.8. The van der Waals surface area contributed by atoms with Gasteiger partial charge in [0.1, 0.15) is 12.4 Å². The number of fused-ring (bicyclic) bond motifs is 1. The third-order valence-corrected chi connectivity index (χ3v) is 6.17. The molecule has 0 aliphatic rings. The first kappa shape index (κ1) is 24.2. The minimum Gasteiger partial charge on any atom is -0.487 e. The summed E-state index contributed by atoms with van der Waals surface area (Å²) in [4.78, 5) is 21.8. The second-order valence-electron chi connectivity index (χ2n) is 8.60. The van der Waals surface area contributed by atoms with Crippen LogP contribution in [0.2, 0.25) is 0 Å². The number of carbonyl (C=O) groups excluding carboxylic acids is 1. The molecule has 35 heavy (non-hydrogen) atoms. The number of hydrogen-bond donors (Lipinski definition) is 1. The number of pyridine rings is 2. The molecular weight excluding hydrogens is 442 g/mol. The Balaban J connectivity index is 1.39. The molecule has 1 N–H and O–H groups in total. The van der Waals surface area contributed by atoms with E-state index in [2.05, 4.69) is 15.4 Å². The predicted octanol–water partition coefficient (Wildman–Crippen LogP) is 4.38. The number of carbonyl (C=O) groups is 1. The van der Waals surface area contributed by atoms with Gasteiger partial charge in [-0.15, -0.1) is 5.10 Å². The van der Waals surface area contributed by atoms with Crippen LogP contribution in [0.15, 0.2) is 48.7 Å². The molecule has 0 aliphatic carbocycles. The van der Waals surface area contributed by atoms with Crippen LogP contribution in [-0.4, -0.2) is 32.8 Å². The van der Waals surface area contributed by atoms with Gasteiger partial charge in [-0.25, -0.2) is 9.67 Å². The molecule has 182 valence electrons. The first-order valence-corrected chi connectivity index (χ1v) is 11.7. The summed E-state index contributed by atoms with van der Waals surface area (Å²) < 4.78 is 13.0. The van der Waals surface area contributed by atoms with Crippen molar-refractivity contribution in [3.8, 4) is 11.6 Å². The Bertz CT molecular complexity index is 1330. The van der Waals surface area contributed by atoms with Crippen molar-refractivity contribution in [3.63, 3.8) is 0 Å². The van der Waals surface area contributed by atoms with Gasteiger partial charge in [-0.2, -0.15) is 0 Å². The van der Waals surface area contributed by atoms with E-state index < -0.39 is 0 Å². The molecule has 0 fully saturated rings. The fourth-order valence-electron chi connectivity index (χ4n) is 4.26. The lowest BCUT2D eigenvalue weighted by atomic mass is 10.00. The maximum absolute atomic E-state index is 12.8. The van der Waals surface area contributed by atoms with E-state index in [9.17, 15) is 4.79 Å². The summed E-state index contributed by atoms with van der Waals surface area (Å²) in [6.07, 6.45) is 2.69. The van der Waals surface area contributed by atoms with Gasteiger partial charge in [-0.3, -0.25) is 9.78 Å². The standard InChI is InChI=1S/C27H31N5O3/c1-17-23(19(3)30-26-25(17)27(34-5)31-32(26)4)12-13-24(33)29-18(2)20-9-8-11-22(15-20)35-16-21-10-6-7-14-28-21/h6-11,14-15,18H,12-13,16H2,1-5H3,(H,29,33). The van der Waals surface area contributed by atoms with Gasteiger partial charge < -0.3 is 14.8 Å². The third kappa shape index (κ3) is 5.42. The Kier molecular flexibility index (Phi) is 7.29. The Morgan fingerprint density at radius 3 is 2.74 bits per heavy atom. The summed E-state index contributed by atoms with van der Waals surface area (Å²) in [6, 6.07) is 13.4. The quantitative estimate of drug-likeness (QED) is 0.388. The number of rotatable bonds is 9. The predicted molar refractivity (Wildman–Crippen MR) is 134 cm³/mol. The van der Waals surface area contributed by atoms with Gasteiger partial charge in [-0.05, 0) is 68.1 Å². The van der Waals surface area contributed by atoms with Crippen LogP contribution in [0, 0.1) is 13.8 Å². The van der Waals surface area contributed by atoms with Crippen molar-refractivity contribution in [1.29, 1.82) is 0 Å². The van der Waals surface area contributed by atoms with Crippen molar-refractivity contribution in [3.05, 3.63) is 76.7 Å². The molecule has 0 aliphatic heterocycles. The second kappa shape index (κ2) is 10.5. The number of hydrogen-bond acceptors (Lipinski definition) is 6. The van der Waals surface area contributed by atoms with Crippen molar-refractivity contribution in [2.24, 2.45) is 7.05 Å². The van der Waals surface area contributed by atoms with E-state index in [1.54, 1.807) is 18.0 Å².